The minimum atomic E-state index is -0.756. The highest BCUT2D eigenvalue weighted by atomic mass is 35.5. The number of aromatic nitrogens is 1. The Morgan fingerprint density at radius 2 is 1.88 bits per heavy atom. The summed E-state index contributed by atoms with van der Waals surface area (Å²) in [6.45, 7) is 2.18. The maximum absolute atomic E-state index is 10.9. The number of unbranched alkanes of at least 4 members (excludes halogenated alkanes) is 1. The van der Waals surface area contributed by atoms with Crippen LogP contribution in [0.15, 0.2) is 59.0 Å². The zero-order chi connectivity index (χ0) is 22.5. The van der Waals surface area contributed by atoms with Crippen molar-refractivity contribution in [2.45, 2.75) is 30.8 Å². The Morgan fingerprint density at radius 1 is 1.06 bits per heavy atom. The standard InChI is InChI=1S/C25H24ClNO3S2/c1-2-3-11-31-25(32-12-10-24(28)29)17-6-9-22-18(13-17)14-23(30-22)20-8-5-16-4-7-19(26)15-21(16)27-20/h4-9,13-15,25H,2-3,10-12H2,1H3,(H,28,29). The van der Waals surface area contributed by atoms with Crippen molar-refractivity contribution in [2.75, 3.05) is 11.5 Å². The Bertz CT molecular complexity index is 1240. The molecule has 4 aromatic rings. The number of hydrogen-bond donors (Lipinski definition) is 1. The Labute approximate surface area is 200 Å². The fraction of sp³-hybridized carbons (Fsp3) is 0.280. The lowest BCUT2D eigenvalue weighted by atomic mass is 10.1. The van der Waals surface area contributed by atoms with Crippen LogP contribution in [0.4, 0.5) is 0 Å². The second kappa shape index (κ2) is 10.6. The molecular formula is C25H24ClNO3S2. The normalized spacial score (nSPS) is 12.4. The van der Waals surface area contributed by atoms with Crippen molar-refractivity contribution in [1.29, 1.82) is 0 Å². The smallest absolute Gasteiger partial charge is 0.304 e. The molecule has 2 heterocycles. The molecular weight excluding hydrogens is 462 g/mol. The first-order valence-electron chi connectivity index (χ1n) is 10.6. The summed E-state index contributed by atoms with van der Waals surface area (Å²) in [5.41, 5.74) is 3.59. The number of furan rings is 1. The first kappa shape index (κ1) is 23.0. The van der Waals surface area contributed by atoms with E-state index < -0.39 is 5.97 Å². The van der Waals surface area contributed by atoms with Crippen LogP contribution in [0.3, 0.4) is 0 Å². The predicted molar refractivity (Wildman–Crippen MR) is 137 cm³/mol. The third-order valence-electron chi connectivity index (χ3n) is 5.07. The minimum absolute atomic E-state index is 0.172. The van der Waals surface area contributed by atoms with E-state index in [1.54, 1.807) is 11.8 Å². The van der Waals surface area contributed by atoms with Crippen molar-refractivity contribution in [3.05, 3.63) is 65.2 Å². The van der Waals surface area contributed by atoms with Gasteiger partial charge in [-0.1, -0.05) is 43.1 Å². The molecule has 4 nitrogen and oxygen atoms in total. The van der Waals surface area contributed by atoms with Crippen LogP contribution in [-0.4, -0.2) is 27.6 Å². The molecule has 0 aliphatic rings. The van der Waals surface area contributed by atoms with Crippen LogP contribution in [0.1, 0.15) is 36.3 Å². The first-order valence-corrected chi connectivity index (χ1v) is 13.1. The molecule has 2 aromatic carbocycles. The molecule has 7 heteroatoms. The monoisotopic (exact) mass is 485 g/mol. The predicted octanol–water partition coefficient (Wildman–Crippen LogP) is 8.04. The Morgan fingerprint density at radius 3 is 2.69 bits per heavy atom. The Kier molecular flexibility index (Phi) is 7.66. The van der Waals surface area contributed by atoms with Gasteiger partial charge in [-0.05, 0) is 54.1 Å². The van der Waals surface area contributed by atoms with Crippen LogP contribution in [0.5, 0.6) is 0 Å². The number of pyridine rings is 1. The fourth-order valence-electron chi connectivity index (χ4n) is 3.39. The molecule has 32 heavy (non-hydrogen) atoms. The second-order valence-corrected chi connectivity index (χ2v) is 10.7. The van der Waals surface area contributed by atoms with Crippen molar-refractivity contribution in [1.82, 2.24) is 4.98 Å². The molecule has 0 saturated carbocycles. The van der Waals surface area contributed by atoms with Crippen molar-refractivity contribution in [3.8, 4) is 11.5 Å². The third kappa shape index (κ3) is 5.61. The summed E-state index contributed by atoms with van der Waals surface area (Å²) >= 11 is 9.70. The van der Waals surface area contributed by atoms with Gasteiger partial charge in [0.25, 0.3) is 0 Å². The van der Waals surface area contributed by atoms with E-state index in [0.717, 1.165) is 46.2 Å². The molecule has 0 bridgehead atoms. The summed E-state index contributed by atoms with van der Waals surface area (Å²) in [6, 6.07) is 17.9. The number of rotatable bonds is 10. The summed E-state index contributed by atoms with van der Waals surface area (Å²) in [7, 11) is 0. The second-order valence-electron chi connectivity index (χ2n) is 7.51. The summed E-state index contributed by atoms with van der Waals surface area (Å²) < 4.78 is 6.29. The van der Waals surface area contributed by atoms with Crippen molar-refractivity contribution in [3.63, 3.8) is 0 Å². The number of nitrogens with zero attached hydrogens (tertiary/aromatic N) is 1. The number of carboxylic acids is 1. The topological polar surface area (TPSA) is 63.3 Å². The number of carbonyl (C=O) groups is 1. The van der Waals surface area contributed by atoms with Crippen molar-refractivity contribution >= 4 is 63.0 Å². The van der Waals surface area contributed by atoms with E-state index in [0.29, 0.717) is 16.5 Å². The molecule has 0 spiro atoms. The maximum Gasteiger partial charge on any atom is 0.304 e. The molecule has 1 unspecified atom stereocenters. The van der Waals surface area contributed by atoms with E-state index in [4.69, 9.17) is 26.1 Å². The molecule has 4 rings (SSSR count). The SMILES string of the molecule is CCCCSC(SCCC(=O)O)c1ccc2oc(-c3ccc4ccc(Cl)cc4n3)cc2c1. The first-order chi connectivity index (χ1) is 15.5. The summed E-state index contributed by atoms with van der Waals surface area (Å²) in [4.78, 5) is 15.7. The molecule has 166 valence electrons. The molecule has 1 N–H and O–H groups in total. The maximum atomic E-state index is 10.9. The van der Waals surface area contributed by atoms with Gasteiger partial charge in [-0.3, -0.25) is 4.79 Å². The summed E-state index contributed by atoms with van der Waals surface area (Å²) in [5, 5.41) is 11.7. The highest BCUT2D eigenvalue weighted by molar-refractivity contribution is 8.16. The van der Waals surface area contributed by atoms with Crippen LogP contribution in [-0.2, 0) is 4.79 Å². The molecule has 0 radical (unpaired) electrons. The van der Waals surface area contributed by atoms with Gasteiger partial charge in [-0.25, -0.2) is 4.98 Å². The van der Waals surface area contributed by atoms with Crippen LogP contribution in [0.25, 0.3) is 33.3 Å². The number of fused-ring (bicyclic) bond motifs is 2. The van der Waals surface area contributed by atoms with Crippen LogP contribution in [0, 0.1) is 0 Å². The van der Waals surface area contributed by atoms with Gasteiger partial charge in [0.2, 0.25) is 0 Å². The van der Waals surface area contributed by atoms with Gasteiger partial charge in [0.1, 0.15) is 11.3 Å². The lowest BCUT2D eigenvalue weighted by Gasteiger charge is -2.16. The number of halogens is 1. The van der Waals surface area contributed by atoms with E-state index in [2.05, 4.69) is 19.1 Å². The number of aliphatic carboxylic acids is 1. The quantitative estimate of drug-likeness (QED) is 0.181. The molecule has 1 atom stereocenters. The molecule has 0 saturated heterocycles. The van der Waals surface area contributed by atoms with E-state index >= 15 is 0 Å². The van der Waals surface area contributed by atoms with Gasteiger partial charge in [-0.15, -0.1) is 23.5 Å². The van der Waals surface area contributed by atoms with Gasteiger partial charge in [-0.2, -0.15) is 0 Å². The average molecular weight is 486 g/mol. The number of carboxylic acid groups (broad SMARTS) is 1. The highest BCUT2D eigenvalue weighted by Gasteiger charge is 2.16. The zero-order valence-electron chi connectivity index (χ0n) is 17.7. The number of thioether (sulfide) groups is 2. The Hall–Kier alpha value is -2.15. The van der Waals surface area contributed by atoms with Gasteiger partial charge in [0.05, 0.1) is 16.5 Å². The summed E-state index contributed by atoms with van der Waals surface area (Å²) in [5.74, 6) is 1.61. The van der Waals surface area contributed by atoms with E-state index in [9.17, 15) is 4.79 Å². The zero-order valence-corrected chi connectivity index (χ0v) is 20.1. The van der Waals surface area contributed by atoms with Crippen LogP contribution in [0.2, 0.25) is 5.02 Å². The molecule has 0 amide bonds. The van der Waals surface area contributed by atoms with Gasteiger partial charge < -0.3 is 9.52 Å². The van der Waals surface area contributed by atoms with E-state index in [-0.39, 0.29) is 11.0 Å². The van der Waals surface area contributed by atoms with Gasteiger partial charge >= 0.3 is 5.97 Å². The summed E-state index contributed by atoms with van der Waals surface area (Å²) in [6.07, 6.45) is 2.47. The van der Waals surface area contributed by atoms with Crippen molar-refractivity contribution in [2.24, 2.45) is 0 Å². The van der Waals surface area contributed by atoms with E-state index in [1.165, 1.54) is 5.56 Å². The van der Waals surface area contributed by atoms with E-state index in [1.807, 2.05) is 54.2 Å². The van der Waals surface area contributed by atoms with Gasteiger partial charge in [0.15, 0.2) is 5.76 Å². The van der Waals surface area contributed by atoms with Crippen molar-refractivity contribution < 1.29 is 14.3 Å². The average Bonchev–Trinajstić information content (AvgIpc) is 3.21. The Balaban J connectivity index is 1.61. The molecule has 2 aromatic heterocycles. The molecule has 0 aliphatic heterocycles. The van der Waals surface area contributed by atoms with Crippen LogP contribution < -0.4 is 0 Å². The fourth-order valence-corrected chi connectivity index (χ4v) is 6.37. The largest absolute Gasteiger partial charge is 0.481 e. The third-order valence-corrected chi connectivity index (χ3v) is 8.24. The molecule has 0 aliphatic carbocycles. The minimum Gasteiger partial charge on any atom is -0.481 e. The molecule has 0 fully saturated rings. The van der Waals surface area contributed by atoms with Crippen LogP contribution >= 0.6 is 35.1 Å². The number of hydrogen-bond acceptors (Lipinski definition) is 5. The lowest BCUT2D eigenvalue weighted by molar-refractivity contribution is -0.136. The van der Waals surface area contributed by atoms with Gasteiger partial charge in [0, 0.05) is 21.5 Å². The number of benzene rings is 2. The highest BCUT2D eigenvalue weighted by Crippen LogP contribution is 2.42. The lowest BCUT2D eigenvalue weighted by Crippen LogP contribution is -1.99.